The molecule has 0 aliphatic carbocycles. The van der Waals surface area contributed by atoms with E-state index in [0.29, 0.717) is 5.71 Å². The van der Waals surface area contributed by atoms with E-state index in [4.69, 9.17) is 0 Å². The quantitative estimate of drug-likeness (QED) is 0.533. The van der Waals surface area contributed by atoms with Crippen molar-refractivity contribution in [1.29, 1.82) is 0 Å². The minimum Gasteiger partial charge on any atom is -0.265 e. The molecule has 1 aliphatic rings. The van der Waals surface area contributed by atoms with E-state index in [2.05, 4.69) is 31.5 Å². The number of hydrazone groups is 1. The maximum Gasteiger partial charge on any atom is 0.356 e. The fourth-order valence-electron chi connectivity index (χ4n) is 1.36. The Morgan fingerprint density at radius 1 is 1.50 bits per heavy atom. The molecule has 0 saturated carbocycles. The molecule has 2 heterocycles. The monoisotopic (exact) mass is 275 g/mol. The highest BCUT2D eigenvalue weighted by Gasteiger charge is 2.18. The van der Waals surface area contributed by atoms with Crippen molar-refractivity contribution < 1.29 is 9.59 Å². The normalized spacial score (nSPS) is 14.9. The highest BCUT2D eigenvalue weighted by molar-refractivity contribution is 5.92. The molecule has 0 aromatic carbocycles. The molecular weight excluding hydrogens is 262 g/mol. The molecule has 0 radical (unpaired) electrons. The molecule has 3 N–H and O–H groups in total. The van der Waals surface area contributed by atoms with E-state index in [1.807, 2.05) is 0 Å². The van der Waals surface area contributed by atoms with Crippen molar-refractivity contribution in [3.8, 4) is 0 Å². The van der Waals surface area contributed by atoms with Crippen molar-refractivity contribution in [2.75, 3.05) is 6.54 Å². The number of carbonyl (C=O) groups is 2. The number of amides is 4. The minimum atomic E-state index is -0.630. The van der Waals surface area contributed by atoms with Crippen LogP contribution in [0.3, 0.4) is 0 Å². The van der Waals surface area contributed by atoms with Crippen molar-refractivity contribution in [1.82, 2.24) is 26.4 Å². The Morgan fingerprint density at radius 2 is 2.25 bits per heavy atom. The van der Waals surface area contributed by atoms with Gasteiger partial charge in [-0.05, 0) is 24.6 Å². The van der Waals surface area contributed by atoms with Gasteiger partial charge in [0.25, 0.3) is 0 Å². The summed E-state index contributed by atoms with van der Waals surface area (Å²) in [6.45, 7) is 2.01. The fraction of sp³-hybridized carbons (Fsp3) is 0.182. The number of nitrogens with one attached hydrogen (secondary N) is 3. The number of urea groups is 2. The van der Waals surface area contributed by atoms with Gasteiger partial charge >= 0.3 is 12.1 Å². The van der Waals surface area contributed by atoms with Crippen LogP contribution in [0, 0.1) is 0 Å². The number of pyridine rings is 1. The van der Waals surface area contributed by atoms with Crippen LogP contribution in [0.5, 0.6) is 0 Å². The lowest BCUT2D eigenvalue weighted by Crippen LogP contribution is -2.57. The predicted molar refractivity (Wildman–Crippen MR) is 71.8 cm³/mol. The summed E-state index contributed by atoms with van der Waals surface area (Å²) in [5.41, 5.74) is 8.46. The van der Waals surface area contributed by atoms with Crippen molar-refractivity contribution in [3.05, 3.63) is 30.1 Å². The molecule has 104 valence electrons. The molecule has 0 bridgehead atoms. The fourth-order valence-corrected chi connectivity index (χ4v) is 1.36. The third kappa shape index (κ3) is 3.85. The summed E-state index contributed by atoms with van der Waals surface area (Å²) >= 11 is 0. The number of aliphatic imine (C=N–C) groups is 1. The summed E-state index contributed by atoms with van der Waals surface area (Å²) in [6, 6.07) is 2.33. The number of aromatic nitrogens is 1. The molecule has 9 heteroatoms. The van der Waals surface area contributed by atoms with Crippen LogP contribution in [0.2, 0.25) is 0 Å². The predicted octanol–water partition coefficient (Wildman–Crippen LogP) is 0.0308. The highest BCUT2D eigenvalue weighted by Crippen LogP contribution is 1.93. The first-order chi connectivity index (χ1) is 9.65. The third-order valence-electron chi connectivity index (χ3n) is 2.31. The van der Waals surface area contributed by atoms with Gasteiger partial charge in [0.15, 0.2) is 0 Å². The molecule has 1 aromatic rings. The molecule has 0 atom stereocenters. The molecule has 1 aliphatic heterocycles. The molecular formula is C11H13N7O2. The second-order valence-corrected chi connectivity index (χ2v) is 3.93. The lowest BCUT2D eigenvalue weighted by molar-refractivity contribution is 0.163. The SMILES string of the molecule is CC1=NNC(=O)N(NNC(=O)/N=C/c2ccncc2)C1. The van der Waals surface area contributed by atoms with Crippen LogP contribution in [0.25, 0.3) is 0 Å². The second kappa shape index (κ2) is 6.38. The topological polar surface area (TPSA) is 111 Å². The standard InChI is InChI=1S/C11H13N7O2/c1-8-7-18(11(20)16-14-8)17-15-10(19)13-6-9-2-4-12-5-3-9/h2-6,17H,7H2,1H3,(H,15,19)(H,16,20)/b13-6+. The largest absolute Gasteiger partial charge is 0.356 e. The lowest BCUT2D eigenvalue weighted by atomic mass is 10.3. The van der Waals surface area contributed by atoms with Gasteiger partial charge in [-0.25, -0.2) is 25.0 Å². The van der Waals surface area contributed by atoms with Gasteiger partial charge in [0.05, 0.1) is 12.3 Å². The Balaban J connectivity index is 1.82. The summed E-state index contributed by atoms with van der Waals surface area (Å²) in [6.07, 6.45) is 4.58. The minimum absolute atomic E-state index is 0.264. The Hall–Kier alpha value is -2.81. The molecule has 0 saturated heterocycles. The molecule has 0 unspecified atom stereocenters. The molecule has 0 spiro atoms. The number of hydrazine groups is 2. The average molecular weight is 275 g/mol. The number of hydrogen-bond donors (Lipinski definition) is 3. The van der Waals surface area contributed by atoms with Crippen LogP contribution >= 0.6 is 0 Å². The molecule has 4 amide bonds. The van der Waals surface area contributed by atoms with E-state index in [9.17, 15) is 9.59 Å². The van der Waals surface area contributed by atoms with Crippen LogP contribution in [0.1, 0.15) is 12.5 Å². The first-order valence-electron chi connectivity index (χ1n) is 5.75. The zero-order chi connectivity index (χ0) is 14.4. The zero-order valence-corrected chi connectivity index (χ0v) is 10.7. The molecule has 1 aromatic heterocycles. The number of carbonyl (C=O) groups excluding carboxylic acids is 2. The van der Waals surface area contributed by atoms with Gasteiger partial charge in [-0.1, -0.05) is 0 Å². The summed E-state index contributed by atoms with van der Waals surface area (Å²) < 4.78 is 0. The lowest BCUT2D eigenvalue weighted by Gasteiger charge is -2.25. The number of hydrogen-bond acceptors (Lipinski definition) is 5. The van der Waals surface area contributed by atoms with Gasteiger partial charge in [-0.3, -0.25) is 10.4 Å². The van der Waals surface area contributed by atoms with E-state index in [1.165, 1.54) is 11.2 Å². The van der Waals surface area contributed by atoms with Crippen molar-refractivity contribution >= 4 is 24.0 Å². The summed E-state index contributed by atoms with van der Waals surface area (Å²) in [5, 5.41) is 4.92. The van der Waals surface area contributed by atoms with E-state index in [0.717, 1.165) is 5.56 Å². The van der Waals surface area contributed by atoms with Gasteiger partial charge in [-0.15, -0.1) is 5.53 Å². The number of rotatable bonds is 3. The number of nitrogens with zero attached hydrogens (tertiary/aromatic N) is 4. The van der Waals surface area contributed by atoms with Gasteiger partial charge in [0.1, 0.15) is 0 Å². The molecule has 0 fully saturated rings. The van der Waals surface area contributed by atoms with E-state index < -0.39 is 12.1 Å². The van der Waals surface area contributed by atoms with Crippen LogP contribution in [-0.2, 0) is 0 Å². The van der Waals surface area contributed by atoms with Crippen molar-refractivity contribution in [3.63, 3.8) is 0 Å². The van der Waals surface area contributed by atoms with Crippen LogP contribution in [-0.4, -0.2) is 40.5 Å². The smallest absolute Gasteiger partial charge is 0.265 e. The Labute approximate surface area is 114 Å². The second-order valence-electron chi connectivity index (χ2n) is 3.93. The Kier molecular flexibility index (Phi) is 4.35. The van der Waals surface area contributed by atoms with Crippen LogP contribution in [0.15, 0.2) is 34.6 Å². The van der Waals surface area contributed by atoms with Crippen LogP contribution < -0.4 is 16.4 Å². The third-order valence-corrected chi connectivity index (χ3v) is 2.31. The molecule has 2 rings (SSSR count). The average Bonchev–Trinajstić information content (AvgIpc) is 2.47. The van der Waals surface area contributed by atoms with Gasteiger partial charge < -0.3 is 0 Å². The van der Waals surface area contributed by atoms with E-state index in [-0.39, 0.29) is 6.54 Å². The van der Waals surface area contributed by atoms with Crippen molar-refractivity contribution in [2.45, 2.75) is 6.92 Å². The van der Waals surface area contributed by atoms with E-state index >= 15 is 0 Å². The van der Waals surface area contributed by atoms with Crippen molar-refractivity contribution in [2.24, 2.45) is 10.1 Å². The summed E-state index contributed by atoms with van der Waals surface area (Å²) in [5.74, 6) is 0. The first kappa shape index (κ1) is 13.6. The van der Waals surface area contributed by atoms with E-state index in [1.54, 1.807) is 31.5 Å². The summed E-state index contributed by atoms with van der Waals surface area (Å²) in [4.78, 5) is 30.4. The zero-order valence-electron chi connectivity index (χ0n) is 10.7. The maximum absolute atomic E-state index is 11.5. The Morgan fingerprint density at radius 3 is 3.00 bits per heavy atom. The van der Waals surface area contributed by atoms with Crippen LogP contribution in [0.4, 0.5) is 9.59 Å². The van der Waals surface area contributed by atoms with Gasteiger partial charge in [-0.2, -0.15) is 5.10 Å². The van der Waals surface area contributed by atoms with Gasteiger partial charge in [0.2, 0.25) is 0 Å². The maximum atomic E-state index is 11.5. The van der Waals surface area contributed by atoms with Gasteiger partial charge in [0, 0.05) is 18.6 Å². The summed E-state index contributed by atoms with van der Waals surface area (Å²) in [7, 11) is 0. The highest BCUT2D eigenvalue weighted by atomic mass is 16.2. The molecule has 9 nitrogen and oxygen atoms in total. The molecule has 20 heavy (non-hydrogen) atoms. The Bertz CT molecular complexity index is 555. The first-order valence-corrected chi connectivity index (χ1v) is 5.75.